The highest BCUT2D eigenvalue weighted by Gasteiger charge is 2.29. The van der Waals surface area contributed by atoms with Crippen LogP contribution in [0.5, 0.6) is 0 Å². The maximum atomic E-state index is 2.52. The lowest BCUT2D eigenvalue weighted by atomic mass is 9.85. The number of benzene rings is 10. The number of hydrogen-bond donors (Lipinski definition) is 0. The van der Waals surface area contributed by atoms with Gasteiger partial charge in [-0.15, -0.1) is 0 Å². The molecular formula is C52H28. The highest BCUT2D eigenvalue weighted by Crippen LogP contribution is 2.57. The molecule has 0 aromatic heterocycles. The van der Waals surface area contributed by atoms with Crippen molar-refractivity contribution in [2.45, 2.75) is 0 Å². The maximum Gasteiger partial charge on any atom is -0.000740 e. The molecule has 236 valence electrons. The van der Waals surface area contributed by atoms with Crippen molar-refractivity contribution in [3.05, 3.63) is 170 Å². The fourth-order valence-corrected chi connectivity index (χ4v) is 10.2. The van der Waals surface area contributed by atoms with E-state index in [1.165, 1.54) is 131 Å². The lowest BCUT2D eigenvalue weighted by molar-refractivity contribution is 1.68. The minimum absolute atomic E-state index is 1.26. The van der Waals surface area contributed by atoms with Crippen molar-refractivity contribution in [1.82, 2.24) is 0 Å². The minimum Gasteiger partial charge on any atom is -0.0622 e. The molecule has 1 aliphatic carbocycles. The van der Waals surface area contributed by atoms with Gasteiger partial charge in [0.25, 0.3) is 0 Å². The average Bonchev–Trinajstić information content (AvgIpc) is 3.82. The summed E-state index contributed by atoms with van der Waals surface area (Å²) in [6, 6.07) is 64.1. The molecule has 0 heterocycles. The van der Waals surface area contributed by atoms with E-state index in [0.717, 1.165) is 0 Å². The third kappa shape index (κ3) is 3.24. The monoisotopic (exact) mass is 652 g/mol. The molecule has 0 amide bonds. The predicted octanol–water partition coefficient (Wildman–Crippen LogP) is 14.8. The molecule has 0 radical (unpaired) electrons. The zero-order valence-electron chi connectivity index (χ0n) is 28.2. The van der Waals surface area contributed by atoms with E-state index in [4.69, 9.17) is 0 Å². The lowest BCUT2D eigenvalue weighted by Crippen LogP contribution is -1.89. The Labute approximate surface area is 299 Å². The van der Waals surface area contributed by atoms with Crippen LogP contribution in [0.25, 0.3) is 131 Å². The fraction of sp³-hybridized carbons (Fsp3) is 0. The Balaban J connectivity index is 1.29. The molecule has 0 saturated carbocycles. The van der Waals surface area contributed by atoms with Crippen molar-refractivity contribution in [2.75, 3.05) is 0 Å². The zero-order chi connectivity index (χ0) is 33.7. The van der Waals surface area contributed by atoms with Gasteiger partial charge in [-0.3, -0.25) is 0 Å². The van der Waals surface area contributed by atoms with Crippen LogP contribution in [0, 0.1) is 0 Å². The van der Waals surface area contributed by atoms with Gasteiger partial charge < -0.3 is 0 Å². The molecule has 0 spiro atoms. The molecule has 0 heteroatoms. The molecular weight excluding hydrogens is 625 g/mol. The van der Waals surface area contributed by atoms with Gasteiger partial charge >= 0.3 is 0 Å². The lowest BCUT2D eigenvalue weighted by Gasteiger charge is -2.17. The first-order valence-corrected chi connectivity index (χ1v) is 18.3. The molecule has 52 heavy (non-hydrogen) atoms. The van der Waals surface area contributed by atoms with E-state index in [9.17, 15) is 0 Å². The second-order valence-electron chi connectivity index (χ2n) is 14.7. The van der Waals surface area contributed by atoms with Gasteiger partial charge in [0.2, 0.25) is 0 Å². The van der Waals surface area contributed by atoms with Crippen LogP contribution in [0.1, 0.15) is 0 Å². The van der Waals surface area contributed by atoms with Crippen LogP contribution in [0.4, 0.5) is 0 Å². The molecule has 1 aliphatic rings. The van der Waals surface area contributed by atoms with E-state index in [1.807, 2.05) is 0 Å². The van der Waals surface area contributed by atoms with Gasteiger partial charge in [-0.05, 0) is 155 Å². The quantitative estimate of drug-likeness (QED) is 0.174. The number of fused-ring (bicyclic) bond motifs is 11. The van der Waals surface area contributed by atoms with Crippen LogP contribution in [0.2, 0.25) is 0 Å². The Morgan fingerprint density at radius 1 is 0.212 bits per heavy atom. The van der Waals surface area contributed by atoms with Crippen molar-refractivity contribution in [1.29, 1.82) is 0 Å². The first-order valence-electron chi connectivity index (χ1n) is 18.3. The first kappa shape index (κ1) is 27.0. The minimum atomic E-state index is 1.26. The Morgan fingerprint density at radius 3 is 1.17 bits per heavy atom. The van der Waals surface area contributed by atoms with Gasteiger partial charge in [-0.2, -0.15) is 0 Å². The molecule has 0 saturated heterocycles. The molecule has 0 aliphatic heterocycles. The predicted molar refractivity (Wildman–Crippen MR) is 224 cm³/mol. The largest absolute Gasteiger partial charge is 0.0622 e. The van der Waals surface area contributed by atoms with Crippen LogP contribution < -0.4 is 0 Å². The summed E-state index contributed by atoms with van der Waals surface area (Å²) in [7, 11) is 0. The van der Waals surface area contributed by atoms with E-state index in [0.29, 0.717) is 0 Å². The zero-order valence-corrected chi connectivity index (χ0v) is 28.2. The fourth-order valence-electron chi connectivity index (χ4n) is 10.2. The molecule has 0 bridgehead atoms. The number of hydrogen-bond acceptors (Lipinski definition) is 0. The summed E-state index contributed by atoms with van der Waals surface area (Å²) >= 11 is 0. The highest BCUT2D eigenvalue weighted by atomic mass is 14.3. The Kier molecular flexibility index (Phi) is 4.94. The van der Waals surface area contributed by atoms with Crippen LogP contribution in [-0.2, 0) is 0 Å². The van der Waals surface area contributed by atoms with Gasteiger partial charge in [-0.25, -0.2) is 0 Å². The Morgan fingerprint density at radius 2 is 0.673 bits per heavy atom. The molecule has 0 N–H and O–H groups in total. The van der Waals surface area contributed by atoms with Crippen molar-refractivity contribution in [2.24, 2.45) is 0 Å². The highest BCUT2D eigenvalue weighted by molar-refractivity contribution is 6.44. The smallest absolute Gasteiger partial charge is 0.000740 e. The standard InChI is InChI=1S/C52H28/c1-3-11-30(12-4-1)47-44-27-42-34-19-9-17-29-18-10-20-35(46(29)34)43(42)28-45(44)48(31-13-5-2-6-14-31)52-39-24-22-37-41-26-33-16-8-7-15-32(33)25-40(41)36-21-23-38(51(47)52)50(39)49(36)37/h1-28H. The SMILES string of the molecule is c1ccc(-c2c3cc4c(cc3c(-c3ccccc3)c3c5ccc6c7c(ccc(c23)c75)-c2cc3ccccc3cc2-6)c2cccc3cccc4c32)cc1. The maximum absolute atomic E-state index is 2.52. The molecule has 0 fully saturated rings. The molecule has 12 aromatic rings. The summed E-state index contributed by atoms with van der Waals surface area (Å²) in [5.41, 5.74) is 10.5. The second kappa shape index (κ2) is 9.51. The molecule has 13 rings (SSSR count). The normalized spacial score (nSPS) is 12.6. The third-order valence-corrected chi connectivity index (χ3v) is 12.2. The van der Waals surface area contributed by atoms with Crippen molar-refractivity contribution < 1.29 is 0 Å². The van der Waals surface area contributed by atoms with E-state index < -0.39 is 0 Å². The van der Waals surface area contributed by atoms with Crippen molar-refractivity contribution in [3.63, 3.8) is 0 Å². The van der Waals surface area contributed by atoms with Gasteiger partial charge in [0.1, 0.15) is 0 Å². The molecule has 0 nitrogen and oxygen atoms in total. The summed E-state index contributed by atoms with van der Waals surface area (Å²) in [5, 5.41) is 21.4. The Bertz CT molecular complexity index is 3260. The van der Waals surface area contributed by atoms with Crippen molar-refractivity contribution in [3.8, 4) is 44.5 Å². The van der Waals surface area contributed by atoms with E-state index in [1.54, 1.807) is 0 Å². The molecule has 0 unspecified atom stereocenters. The summed E-state index contributed by atoms with van der Waals surface area (Å²) in [4.78, 5) is 0. The summed E-state index contributed by atoms with van der Waals surface area (Å²) in [6.07, 6.45) is 0. The molecule has 12 aromatic carbocycles. The van der Waals surface area contributed by atoms with Crippen molar-refractivity contribution >= 4 is 86.2 Å². The van der Waals surface area contributed by atoms with Gasteiger partial charge in [0, 0.05) is 0 Å². The second-order valence-corrected chi connectivity index (χ2v) is 14.7. The van der Waals surface area contributed by atoms with E-state index in [-0.39, 0.29) is 0 Å². The first-order chi connectivity index (χ1) is 25.8. The van der Waals surface area contributed by atoms with Gasteiger partial charge in [-0.1, -0.05) is 146 Å². The van der Waals surface area contributed by atoms with E-state index in [2.05, 4.69) is 170 Å². The van der Waals surface area contributed by atoms with Gasteiger partial charge in [0.15, 0.2) is 0 Å². The number of rotatable bonds is 2. The van der Waals surface area contributed by atoms with E-state index >= 15 is 0 Å². The average molecular weight is 653 g/mol. The molecule has 0 atom stereocenters. The summed E-state index contributed by atoms with van der Waals surface area (Å²) in [6.45, 7) is 0. The van der Waals surface area contributed by atoms with Crippen LogP contribution >= 0.6 is 0 Å². The Hall–Kier alpha value is -6.76. The topological polar surface area (TPSA) is 0 Å². The van der Waals surface area contributed by atoms with Crippen LogP contribution in [0.15, 0.2) is 170 Å². The summed E-state index contributed by atoms with van der Waals surface area (Å²) < 4.78 is 0. The summed E-state index contributed by atoms with van der Waals surface area (Å²) in [5.74, 6) is 0. The third-order valence-electron chi connectivity index (χ3n) is 12.2. The van der Waals surface area contributed by atoms with Crippen LogP contribution in [-0.4, -0.2) is 0 Å². The van der Waals surface area contributed by atoms with Crippen LogP contribution in [0.3, 0.4) is 0 Å². The van der Waals surface area contributed by atoms with Gasteiger partial charge in [0.05, 0.1) is 0 Å².